The molecule has 13 aromatic rings. The standard InChI is InChI=1S/C62H40N6/c1-4-18-41(19-5-1)44-24-16-25-46(38-44)48-29-17-30-52-51-28-12-15-33-57(51)68(59(48)52)62-65-60(43-22-8-3-9-23-43)64-61(66-62)54-36-34-47(40-63-54)53-39-45(42-20-6-2-7-21-42)35-37-58(53)67-55-31-13-10-26-49(55)50-27-11-14-32-56(50)67/h1-40H. The molecule has 0 aliphatic carbocycles. The second kappa shape index (κ2) is 16.3. The Morgan fingerprint density at radius 2 is 0.794 bits per heavy atom. The predicted molar refractivity (Wildman–Crippen MR) is 279 cm³/mol. The minimum absolute atomic E-state index is 0.482. The predicted octanol–water partition coefficient (Wildman–Crippen LogP) is 15.5. The number of nitrogens with zero attached hydrogens (tertiary/aromatic N) is 6. The SMILES string of the molecule is c1ccc(-c2cccc(-c3cccc4c5ccccc5n(-c5nc(-c6ccccc6)nc(-c6ccc(-c7cc(-c8ccccc8)ccc7-n7c8ccccc8c8ccccc87)cn6)n5)c34)c2)cc1. The van der Waals surface area contributed by atoms with Gasteiger partial charge in [-0.2, -0.15) is 9.97 Å². The lowest BCUT2D eigenvalue weighted by Crippen LogP contribution is -2.07. The first-order valence-electron chi connectivity index (χ1n) is 22.9. The molecule has 68 heavy (non-hydrogen) atoms. The minimum Gasteiger partial charge on any atom is -0.309 e. The molecule has 0 atom stereocenters. The largest absolute Gasteiger partial charge is 0.309 e. The van der Waals surface area contributed by atoms with Crippen molar-refractivity contribution in [2.45, 2.75) is 0 Å². The first kappa shape index (κ1) is 39.1. The summed E-state index contributed by atoms with van der Waals surface area (Å²) in [5, 5.41) is 4.66. The van der Waals surface area contributed by atoms with Crippen LogP contribution in [0.15, 0.2) is 243 Å². The van der Waals surface area contributed by atoms with E-state index in [1.807, 2.05) is 42.6 Å². The highest BCUT2D eigenvalue weighted by molar-refractivity contribution is 6.14. The van der Waals surface area contributed by atoms with E-state index in [1.54, 1.807) is 0 Å². The monoisotopic (exact) mass is 868 g/mol. The zero-order valence-corrected chi connectivity index (χ0v) is 36.8. The van der Waals surface area contributed by atoms with Crippen molar-refractivity contribution in [1.29, 1.82) is 0 Å². The van der Waals surface area contributed by atoms with E-state index in [9.17, 15) is 0 Å². The van der Waals surface area contributed by atoms with E-state index in [0.29, 0.717) is 23.3 Å². The van der Waals surface area contributed by atoms with Crippen molar-refractivity contribution in [3.8, 4) is 79.0 Å². The normalized spacial score (nSPS) is 11.5. The molecule has 0 fully saturated rings. The van der Waals surface area contributed by atoms with Gasteiger partial charge in [0.15, 0.2) is 11.6 Å². The van der Waals surface area contributed by atoms with Crippen LogP contribution in [0, 0.1) is 0 Å². The Morgan fingerprint density at radius 1 is 0.294 bits per heavy atom. The van der Waals surface area contributed by atoms with E-state index in [2.05, 4.69) is 209 Å². The van der Waals surface area contributed by atoms with Gasteiger partial charge in [-0.1, -0.05) is 194 Å². The molecule has 9 aromatic carbocycles. The third-order valence-electron chi connectivity index (χ3n) is 13.1. The maximum atomic E-state index is 5.33. The summed E-state index contributed by atoms with van der Waals surface area (Å²) < 4.78 is 4.58. The molecule has 4 aromatic heterocycles. The lowest BCUT2D eigenvalue weighted by atomic mass is 9.97. The number of hydrogen-bond donors (Lipinski definition) is 0. The molecular weight excluding hydrogens is 829 g/mol. The van der Waals surface area contributed by atoms with Crippen molar-refractivity contribution in [3.05, 3.63) is 243 Å². The van der Waals surface area contributed by atoms with Crippen molar-refractivity contribution in [3.63, 3.8) is 0 Å². The maximum absolute atomic E-state index is 5.33. The topological polar surface area (TPSA) is 61.4 Å². The smallest absolute Gasteiger partial charge is 0.238 e. The molecule has 0 unspecified atom stereocenters. The first-order chi connectivity index (χ1) is 33.7. The van der Waals surface area contributed by atoms with Crippen molar-refractivity contribution in [2.24, 2.45) is 0 Å². The molecule has 4 heterocycles. The Morgan fingerprint density at radius 3 is 1.44 bits per heavy atom. The summed E-state index contributed by atoms with van der Waals surface area (Å²) in [6.07, 6.45) is 1.96. The number of benzene rings is 9. The van der Waals surface area contributed by atoms with Crippen LogP contribution in [0.4, 0.5) is 0 Å². The van der Waals surface area contributed by atoms with Gasteiger partial charge in [-0.25, -0.2) is 4.98 Å². The molecule has 0 N–H and O–H groups in total. The third-order valence-corrected chi connectivity index (χ3v) is 13.1. The van der Waals surface area contributed by atoms with E-state index >= 15 is 0 Å². The number of rotatable bonds is 8. The Kier molecular flexibility index (Phi) is 9.39. The number of aromatic nitrogens is 6. The molecule has 318 valence electrons. The highest BCUT2D eigenvalue weighted by atomic mass is 15.2. The fourth-order valence-electron chi connectivity index (χ4n) is 9.89. The van der Waals surface area contributed by atoms with Gasteiger partial charge in [-0.3, -0.25) is 9.55 Å². The van der Waals surface area contributed by atoms with Crippen LogP contribution in [0.25, 0.3) is 123 Å². The summed E-state index contributed by atoms with van der Waals surface area (Å²) in [7, 11) is 0. The quantitative estimate of drug-likeness (QED) is 0.153. The van der Waals surface area contributed by atoms with E-state index < -0.39 is 0 Å². The van der Waals surface area contributed by atoms with E-state index in [1.165, 1.54) is 16.3 Å². The van der Waals surface area contributed by atoms with Crippen molar-refractivity contribution in [1.82, 2.24) is 29.1 Å². The molecule has 0 bridgehead atoms. The van der Waals surface area contributed by atoms with Gasteiger partial charge in [0.05, 0.1) is 27.8 Å². The van der Waals surface area contributed by atoms with Gasteiger partial charge in [-0.15, -0.1) is 0 Å². The summed E-state index contributed by atoms with van der Waals surface area (Å²) >= 11 is 0. The molecule has 0 aliphatic rings. The van der Waals surface area contributed by atoms with Crippen LogP contribution in [-0.4, -0.2) is 29.1 Å². The highest BCUT2D eigenvalue weighted by Crippen LogP contribution is 2.41. The fourth-order valence-corrected chi connectivity index (χ4v) is 9.89. The molecule has 0 saturated carbocycles. The number of hydrogen-bond acceptors (Lipinski definition) is 4. The zero-order valence-electron chi connectivity index (χ0n) is 36.8. The fraction of sp³-hybridized carbons (Fsp3) is 0. The Balaban J connectivity index is 0.996. The molecule has 0 saturated heterocycles. The average molecular weight is 869 g/mol. The minimum atomic E-state index is 0.482. The summed E-state index contributed by atoms with van der Waals surface area (Å²) in [5.74, 6) is 1.56. The molecule has 13 rings (SSSR count). The third kappa shape index (κ3) is 6.66. The van der Waals surface area contributed by atoms with Crippen LogP contribution < -0.4 is 0 Å². The van der Waals surface area contributed by atoms with Gasteiger partial charge in [-0.05, 0) is 70.3 Å². The van der Waals surface area contributed by atoms with Gasteiger partial charge in [0.1, 0.15) is 5.69 Å². The van der Waals surface area contributed by atoms with Gasteiger partial charge in [0.2, 0.25) is 5.95 Å². The summed E-state index contributed by atoms with van der Waals surface area (Å²) in [4.78, 5) is 20.9. The highest BCUT2D eigenvalue weighted by Gasteiger charge is 2.22. The summed E-state index contributed by atoms with van der Waals surface area (Å²) in [5.41, 5.74) is 15.7. The van der Waals surface area contributed by atoms with Crippen molar-refractivity contribution >= 4 is 43.6 Å². The molecule has 0 aliphatic heterocycles. The second-order valence-electron chi connectivity index (χ2n) is 17.0. The van der Waals surface area contributed by atoms with Crippen molar-refractivity contribution in [2.75, 3.05) is 0 Å². The lowest BCUT2D eigenvalue weighted by Gasteiger charge is -2.16. The van der Waals surface area contributed by atoms with Crippen LogP contribution in [-0.2, 0) is 0 Å². The Hall–Kier alpha value is -9.26. The Labute approximate surface area is 392 Å². The van der Waals surface area contributed by atoms with E-state index in [-0.39, 0.29) is 0 Å². The van der Waals surface area contributed by atoms with Crippen LogP contribution in [0.3, 0.4) is 0 Å². The number of pyridine rings is 1. The van der Waals surface area contributed by atoms with Crippen LogP contribution in [0.5, 0.6) is 0 Å². The van der Waals surface area contributed by atoms with E-state index in [4.69, 9.17) is 19.9 Å². The molecule has 0 radical (unpaired) electrons. The summed E-state index contributed by atoms with van der Waals surface area (Å²) in [6, 6.07) is 83.2. The summed E-state index contributed by atoms with van der Waals surface area (Å²) in [6.45, 7) is 0. The molecule has 6 nitrogen and oxygen atoms in total. The zero-order chi connectivity index (χ0) is 45.0. The second-order valence-corrected chi connectivity index (χ2v) is 17.0. The molecule has 0 spiro atoms. The maximum Gasteiger partial charge on any atom is 0.238 e. The molecule has 6 heteroatoms. The number of fused-ring (bicyclic) bond motifs is 6. The number of para-hydroxylation sites is 4. The van der Waals surface area contributed by atoms with Gasteiger partial charge >= 0.3 is 0 Å². The van der Waals surface area contributed by atoms with Crippen molar-refractivity contribution < 1.29 is 0 Å². The molecular formula is C62H40N6. The lowest BCUT2D eigenvalue weighted by molar-refractivity contribution is 0.948. The van der Waals surface area contributed by atoms with Crippen LogP contribution >= 0.6 is 0 Å². The Bertz CT molecular complexity index is 3950. The van der Waals surface area contributed by atoms with Gasteiger partial charge < -0.3 is 4.57 Å². The van der Waals surface area contributed by atoms with Gasteiger partial charge in [0, 0.05) is 50.0 Å². The average Bonchev–Trinajstić information content (AvgIpc) is 3.95. The van der Waals surface area contributed by atoms with Gasteiger partial charge in [0.25, 0.3) is 0 Å². The first-order valence-corrected chi connectivity index (χ1v) is 22.9. The van der Waals surface area contributed by atoms with E-state index in [0.717, 1.165) is 83.0 Å². The molecule has 0 amide bonds. The van der Waals surface area contributed by atoms with Crippen LogP contribution in [0.2, 0.25) is 0 Å². The van der Waals surface area contributed by atoms with Crippen LogP contribution in [0.1, 0.15) is 0 Å².